The van der Waals surface area contributed by atoms with Crippen LogP contribution in [0.5, 0.6) is 0 Å². The van der Waals surface area contributed by atoms with Crippen molar-refractivity contribution in [2.24, 2.45) is 0 Å². The molecule has 0 aliphatic rings. The second kappa shape index (κ2) is 11.0. The molecule has 0 fully saturated rings. The highest BCUT2D eigenvalue weighted by Crippen LogP contribution is 2.21. The molecule has 2 atom stereocenters. The first-order valence-corrected chi connectivity index (χ1v) is 10.2. The predicted octanol–water partition coefficient (Wildman–Crippen LogP) is 3.56. The normalized spacial score (nSPS) is 12.3. The molecule has 0 saturated heterocycles. The van der Waals surface area contributed by atoms with Gasteiger partial charge in [0.25, 0.3) is 11.8 Å². The highest BCUT2D eigenvalue weighted by molar-refractivity contribution is 6.33. The fraction of sp³-hybridized carbons (Fsp3) is 0.174. The Morgan fingerprint density at radius 2 is 1.62 bits per heavy atom. The Morgan fingerprint density at radius 1 is 0.969 bits per heavy atom. The summed E-state index contributed by atoms with van der Waals surface area (Å²) in [4.78, 5) is 45.3. The molecule has 0 aliphatic heterocycles. The number of esters is 1. The Balaban J connectivity index is 1.66. The summed E-state index contributed by atoms with van der Waals surface area (Å²) in [6.07, 6.45) is 1.69. The van der Waals surface area contributed by atoms with Gasteiger partial charge in [-0.05, 0) is 30.7 Å². The van der Waals surface area contributed by atoms with Gasteiger partial charge in [0.2, 0.25) is 5.95 Å². The SMILES string of the molecule is C[C@H](OC(=O)C[C@H](NC(=O)c1ccccc1Cl)c1ccccc1)C(=O)Nc1ncccn1. The Kier molecular flexibility index (Phi) is 7.88. The molecule has 0 bridgehead atoms. The van der Waals surface area contributed by atoms with E-state index in [4.69, 9.17) is 16.3 Å². The van der Waals surface area contributed by atoms with Crippen LogP contribution in [-0.4, -0.2) is 33.9 Å². The second-order valence-electron chi connectivity index (χ2n) is 6.81. The molecule has 3 aromatic rings. The summed E-state index contributed by atoms with van der Waals surface area (Å²) in [5, 5.41) is 5.59. The summed E-state index contributed by atoms with van der Waals surface area (Å²) in [6, 6.07) is 16.5. The van der Waals surface area contributed by atoms with Crippen LogP contribution in [0.15, 0.2) is 73.1 Å². The molecule has 2 N–H and O–H groups in total. The lowest BCUT2D eigenvalue weighted by Crippen LogP contribution is -2.34. The molecule has 0 saturated carbocycles. The van der Waals surface area contributed by atoms with Crippen LogP contribution < -0.4 is 10.6 Å². The van der Waals surface area contributed by atoms with E-state index in [-0.39, 0.29) is 12.4 Å². The number of anilines is 1. The van der Waals surface area contributed by atoms with E-state index < -0.39 is 29.9 Å². The van der Waals surface area contributed by atoms with Crippen molar-refractivity contribution in [2.75, 3.05) is 5.32 Å². The van der Waals surface area contributed by atoms with Gasteiger partial charge < -0.3 is 10.1 Å². The number of hydrogen-bond donors (Lipinski definition) is 2. The van der Waals surface area contributed by atoms with Crippen molar-refractivity contribution in [3.05, 3.63) is 89.2 Å². The number of benzene rings is 2. The number of nitrogens with zero attached hydrogens (tertiary/aromatic N) is 2. The van der Waals surface area contributed by atoms with Crippen molar-refractivity contribution >= 4 is 35.3 Å². The number of rotatable bonds is 8. The summed E-state index contributed by atoms with van der Waals surface area (Å²) < 4.78 is 5.26. The maximum absolute atomic E-state index is 12.7. The van der Waals surface area contributed by atoms with E-state index >= 15 is 0 Å². The van der Waals surface area contributed by atoms with Gasteiger partial charge in [-0.1, -0.05) is 54.1 Å². The quantitative estimate of drug-likeness (QED) is 0.505. The monoisotopic (exact) mass is 452 g/mol. The van der Waals surface area contributed by atoms with E-state index in [1.54, 1.807) is 54.6 Å². The number of hydrogen-bond acceptors (Lipinski definition) is 6. The fourth-order valence-electron chi connectivity index (χ4n) is 2.86. The minimum atomic E-state index is -1.08. The molecule has 1 aromatic heterocycles. The van der Waals surface area contributed by atoms with Gasteiger partial charge in [-0.3, -0.25) is 19.7 Å². The first-order valence-electron chi connectivity index (χ1n) is 9.81. The van der Waals surface area contributed by atoms with Crippen molar-refractivity contribution in [1.82, 2.24) is 15.3 Å². The van der Waals surface area contributed by atoms with Gasteiger partial charge in [0, 0.05) is 12.4 Å². The van der Waals surface area contributed by atoms with E-state index in [0.29, 0.717) is 16.1 Å². The van der Waals surface area contributed by atoms with Gasteiger partial charge >= 0.3 is 5.97 Å². The molecular formula is C23H21ClN4O4. The van der Waals surface area contributed by atoms with Crippen molar-refractivity contribution in [3.8, 4) is 0 Å². The van der Waals surface area contributed by atoms with E-state index in [1.807, 2.05) is 6.07 Å². The van der Waals surface area contributed by atoms with Crippen LogP contribution in [0.3, 0.4) is 0 Å². The molecule has 164 valence electrons. The third kappa shape index (κ3) is 6.36. The lowest BCUT2D eigenvalue weighted by molar-refractivity contribution is -0.153. The van der Waals surface area contributed by atoms with E-state index in [2.05, 4.69) is 20.6 Å². The van der Waals surface area contributed by atoms with E-state index in [0.717, 1.165) is 0 Å². The van der Waals surface area contributed by atoms with Crippen LogP contribution >= 0.6 is 11.6 Å². The lowest BCUT2D eigenvalue weighted by atomic mass is 10.0. The van der Waals surface area contributed by atoms with Gasteiger partial charge in [0.05, 0.1) is 23.0 Å². The number of ether oxygens (including phenoxy) is 1. The Hall–Kier alpha value is -3.78. The Morgan fingerprint density at radius 3 is 2.31 bits per heavy atom. The van der Waals surface area contributed by atoms with Gasteiger partial charge in [-0.2, -0.15) is 0 Å². The number of carbonyl (C=O) groups excluding carboxylic acids is 3. The molecule has 2 aromatic carbocycles. The summed E-state index contributed by atoms with van der Waals surface area (Å²) >= 11 is 6.12. The van der Waals surface area contributed by atoms with Crippen LogP contribution in [0.4, 0.5) is 5.95 Å². The van der Waals surface area contributed by atoms with E-state index in [9.17, 15) is 14.4 Å². The first kappa shape index (κ1) is 22.9. The van der Waals surface area contributed by atoms with E-state index in [1.165, 1.54) is 19.3 Å². The molecule has 3 rings (SSSR count). The highest BCUT2D eigenvalue weighted by atomic mass is 35.5. The molecule has 9 heteroatoms. The van der Waals surface area contributed by atoms with Crippen molar-refractivity contribution in [3.63, 3.8) is 0 Å². The summed E-state index contributed by atoms with van der Waals surface area (Å²) in [5.74, 6) is -1.55. The maximum Gasteiger partial charge on any atom is 0.309 e. The third-order valence-corrected chi connectivity index (χ3v) is 4.80. The molecule has 0 aliphatic carbocycles. The molecule has 0 unspecified atom stereocenters. The number of aromatic nitrogens is 2. The van der Waals surface area contributed by atoms with Crippen molar-refractivity contribution in [2.45, 2.75) is 25.5 Å². The van der Waals surface area contributed by atoms with Gasteiger partial charge in [0.15, 0.2) is 6.10 Å². The van der Waals surface area contributed by atoms with Crippen LogP contribution in [0.1, 0.15) is 35.3 Å². The zero-order valence-corrected chi connectivity index (χ0v) is 18.0. The molecule has 8 nitrogen and oxygen atoms in total. The molecular weight excluding hydrogens is 432 g/mol. The van der Waals surface area contributed by atoms with Crippen LogP contribution in [-0.2, 0) is 14.3 Å². The Labute approximate surface area is 190 Å². The zero-order chi connectivity index (χ0) is 22.9. The molecule has 2 amide bonds. The number of nitrogens with one attached hydrogen (secondary N) is 2. The fourth-order valence-corrected chi connectivity index (χ4v) is 3.08. The zero-order valence-electron chi connectivity index (χ0n) is 17.2. The molecule has 1 heterocycles. The minimum Gasteiger partial charge on any atom is -0.452 e. The Bertz CT molecular complexity index is 1080. The largest absolute Gasteiger partial charge is 0.452 e. The number of halogens is 1. The van der Waals surface area contributed by atoms with Gasteiger partial charge in [-0.15, -0.1) is 0 Å². The van der Waals surface area contributed by atoms with Gasteiger partial charge in [0.1, 0.15) is 0 Å². The predicted molar refractivity (Wildman–Crippen MR) is 119 cm³/mol. The summed E-state index contributed by atoms with van der Waals surface area (Å²) in [5.41, 5.74) is 0.999. The first-order chi connectivity index (χ1) is 15.4. The van der Waals surface area contributed by atoms with Crippen molar-refractivity contribution in [1.29, 1.82) is 0 Å². The van der Waals surface area contributed by atoms with Crippen LogP contribution in [0, 0.1) is 0 Å². The standard InChI is InChI=1S/C23H21ClN4O4/c1-15(21(30)28-23-25-12-7-13-26-23)32-20(29)14-19(16-8-3-2-4-9-16)27-22(31)17-10-5-6-11-18(17)24/h2-13,15,19H,14H2,1H3,(H,27,31)(H,25,26,28,30)/t15-,19-/m0/s1. The van der Waals surface area contributed by atoms with Gasteiger partial charge in [-0.25, -0.2) is 9.97 Å². The number of amides is 2. The average Bonchev–Trinajstić information content (AvgIpc) is 2.80. The second-order valence-corrected chi connectivity index (χ2v) is 7.22. The average molecular weight is 453 g/mol. The smallest absolute Gasteiger partial charge is 0.309 e. The number of carbonyl (C=O) groups is 3. The summed E-state index contributed by atoms with van der Waals surface area (Å²) in [6.45, 7) is 1.44. The third-order valence-electron chi connectivity index (χ3n) is 4.47. The molecule has 0 radical (unpaired) electrons. The summed E-state index contributed by atoms with van der Waals surface area (Å²) in [7, 11) is 0. The highest BCUT2D eigenvalue weighted by Gasteiger charge is 2.24. The topological polar surface area (TPSA) is 110 Å². The molecule has 32 heavy (non-hydrogen) atoms. The minimum absolute atomic E-state index is 0.106. The van der Waals surface area contributed by atoms with Crippen LogP contribution in [0.25, 0.3) is 0 Å². The maximum atomic E-state index is 12.7. The lowest BCUT2D eigenvalue weighted by Gasteiger charge is -2.20. The van der Waals surface area contributed by atoms with Crippen molar-refractivity contribution < 1.29 is 19.1 Å². The molecule has 0 spiro atoms. The van der Waals surface area contributed by atoms with Crippen LogP contribution in [0.2, 0.25) is 5.02 Å².